The number of nitrogens with two attached hydrogens (primary N) is 1. The average Bonchev–Trinajstić information content (AvgIpc) is 2.38. The Labute approximate surface area is 106 Å². The van der Waals surface area contributed by atoms with Crippen LogP contribution in [0.3, 0.4) is 0 Å². The Morgan fingerprint density at radius 1 is 0.944 bits per heavy atom. The van der Waals surface area contributed by atoms with Crippen LogP contribution in [0.5, 0.6) is 0 Å². The highest BCUT2D eigenvalue weighted by Gasteiger charge is 2.04. The standard InChI is InChI=1S/C16H13NO/c1-12-6-2-3-7-13(12)10-11-14-8-4-5-9-15(14)16(17)18/h2-9H,1H3,(H2,17,18). The molecular formula is C16H13NO. The topological polar surface area (TPSA) is 43.1 Å². The molecule has 2 N–H and O–H groups in total. The first kappa shape index (κ1) is 11.9. The van der Waals surface area contributed by atoms with Crippen molar-refractivity contribution in [3.63, 3.8) is 0 Å². The maximum atomic E-state index is 11.3. The maximum Gasteiger partial charge on any atom is 0.249 e. The van der Waals surface area contributed by atoms with E-state index in [9.17, 15) is 4.79 Å². The highest BCUT2D eigenvalue weighted by atomic mass is 16.1. The molecule has 2 rings (SSSR count). The van der Waals surface area contributed by atoms with E-state index in [1.165, 1.54) is 0 Å². The van der Waals surface area contributed by atoms with Crippen molar-refractivity contribution in [3.8, 4) is 11.8 Å². The van der Waals surface area contributed by atoms with Crippen molar-refractivity contribution >= 4 is 5.91 Å². The zero-order chi connectivity index (χ0) is 13.0. The molecule has 18 heavy (non-hydrogen) atoms. The van der Waals surface area contributed by atoms with E-state index in [4.69, 9.17) is 5.73 Å². The van der Waals surface area contributed by atoms with Crippen LogP contribution in [0.25, 0.3) is 0 Å². The Hall–Kier alpha value is -2.53. The lowest BCUT2D eigenvalue weighted by molar-refractivity contribution is 0.1000. The molecule has 1 amide bonds. The number of rotatable bonds is 1. The van der Waals surface area contributed by atoms with Crippen LogP contribution in [-0.2, 0) is 0 Å². The van der Waals surface area contributed by atoms with Crippen LogP contribution in [0, 0.1) is 18.8 Å². The molecule has 0 heterocycles. The second-order valence-electron chi connectivity index (χ2n) is 3.97. The molecule has 0 bridgehead atoms. The number of carbonyl (C=O) groups excluding carboxylic acids is 1. The van der Waals surface area contributed by atoms with Crippen molar-refractivity contribution in [1.29, 1.82) is 0 Å². The summed E-state index contributed by atoms with van der Waals surface area (Å²) < 4.78 is 0. The van der Waals surface area contributed by atoms with Gasteiger partial charge in [-0.2, -0.15) is 0 Å². The number of hydrogen-bond acceptors (Lipinski definition) is 1. The van der Waals surface area contributed by atoms with E-state index in [0.717, 1.165) is 11.1 Å². The summed E-state index contributed by atoms with van der Waals surface area (Å²) in [5.74, 6) is 5.61. The molecule has 0 aromatic heterocycles. The maximum absolute atomic E-state index is 11.3. The van der Waals surface area contributed by atoms with Gasteiger partial charge in [-0.05, 0) is 30.7 Å². The number of primary amides is 1. The molecule has 0 saturated carbocycles. The Morgan fingerprint density at radius 2 is 1.50 bits per heavy atom. The van der Waals surface area contributed by atoms with Gasteiger partial charge in [0, 0.05) is 11.1 Å². The first-order valence-corrected chi connectivity index (χ1v) is 5.65. The first-order chi connectivity index (χ1) is 8.68. The Kier molecular flexibility index (Phi) is 3.45. The van der Waals surface area contributed by atoms with E-state index in [1.54, 1.807) is 18.2 Å². The fourth-order valence-corrected chi connectivity index (χ4v) is 1.65. The van der Waals surface area contributed by atoms with Gasteiger partial charge >= 0.3 is 0 Å². The highest BCUT2D eigenvalue weighted by molar-refractivity contribution is 5.95. The summed E-state index contributed by atoms with van der Waals surface area (Å²) in [7, 11) is 0. The van der Waals surface area contributed by atoms with E-state index >= 15 is 0 Å². The lowest BCUT2D eigenvalue weighted by Crippen LogP contribution is -2.12. The average molecular weight is 235 g/mol. The highest BCUT2D eigenvalue weighted by Crippen LogP contribution is 2.08. The third-order valence-electron chi connectivity index (χ3n) is 2.67. The summed E-state index contributed by atoms with van der Waals surface area (Å²) >= 11 is 0. The second kappa shape index (κ2) is 5.20. The zero-order valence-electron chi connectivity index (χ0n) is 10.1. The molecule has 0 unspecified atom stereocenters. The Bertz CT molecular complexity index is 647. The minimum atomic E-state index is -0.454. The molecule has 0 saturated heterocycles. The molecule has 88 valence electrons. The first-order valence-electron chi connectivity index (χ1n) is 5.65. The number of aryl methyl sites for hydroxylation is 1. The van der Waals surface area contributed by atoms with E-state index < -0.39 is 5.91 Å². The van der Waals surface area contributed by atoms with Crippen LogP contribution in [0.1, 0.15) is 27.0 Å². The van der Waals surface area contributed by atoms with Crippen molar-refractivity contribution in [2.24, 2.45) is 5.73 Å². The smallest absolute Gasteiger partial charge is 0.249 e. The third kappa shape index (κ3) is 2.58. The van der Waals surface area contributed by atoms with Gasteiger partial charge in [0.05, 0.1) is 5.56 Å². The minimum Gasteiger partial charge on any atom is -0.366 e. The van der Waals surface area contributed by atoms with E-state index in [0.29, 0.717) is 11.1 Å². The van der Waals surface area contributed by atoms with Crippen LogP contribution >= 0.6 is 0 Å². The minimum absolute atomic E-state index is 0.454. The van der Waals surface area contributed by atoms with Crippen molar-refractivity contribution < 1.29 is 4.79 Å². The van der Waals surface area contributed by atoms with Crippen LogP contribution in [0.2, 0.25) is 0 Å². The van der Waals surface area contributed by atoms with E-state index in [1.807, 2.05) is 37.3 Å². The van der Waals surface area contributed by atoms with Gasteiger partial charge in [0.1, 0.15) is 0 Å². The largest absolute Gasteiger partial charge is 0.366 e. The lowest BCUT2D eigenvalue weighted by atomic mass is 10.1. The molecule has 0 aliphatic carbocycles. The van der Waals surface area contributed by atoms with Gasteiger partial charge in [-0.3, -0.25) is 4.79 Å². The molecule has 0 aliphatic heterocycles. The van der Waals surface area contributed by atoms with Gasteiger partial charge in [-0.1, -0.05) is 42.2 Å². The Morgan fingerprint density at radius 3 is 2.17 bits per heavy atom. The summed E-state index contributed by atoms with van der Waals surface area (Å²) in [6.07, 6.45) is 0. The summed E-state index contributed by atoms with van der Waals surface area (Å²) in [5, 5.41) is 0. The molecule has 2 nitrogen and oxygen atoms in total. The SMILES string of the molecule is Cc1ccccc1C#Cc1ccccc1C(N)=O. The van der Waals surface area contributed by atoms with E-state index in [2.05, 4.69) is 11.8 Å². The summed E-state index contributed by atoms with van der Waals surface area (Å²) in [5.41, 5.74) is 8.49. The van der Waals surface area contributed by atoms with Crippen LogP contribution in [0.15, 0.2) is 48.5 Å². The van der Waals surface area contributed by atoms with Crippen LogP contribution in [0.4, 0.5) is 0 Å². The summed E-state index contributed by atoms with van der Waals surface area (Å²) in [6, 6.07) is 15.0. The molecule has 2 aromatic rings. The lowest BCUT2D eigenvalue weighted by Gasteiger charge is -1.99. The molecule has 0 spiro atoms. The Balaban J connectivity index is 2.42. The van der Waals surface area contributed by atoms with Crippen molar-refractivity contribution in [1.82, 2.24) is 0 Å². The van der Waals surface area contributed by atoms with Gasteiger partial charge in [0.25, 0.3) is 0 Å². The molecule has 0 aliphatic rings. The number of hydrogen-bond donors (Lipinski definition) is 1. The number of benzene rings is 2. The van der Waals surface area contributed by atoms with Gasteiger partial charge in [-0.25, -0.2) is 0 Å². The van der Waals surface area contributed by atoms with Crippen molar-refractivity contribution in [2.75, 3.05) is 0 Å². The van der Waals surface area contributed by atoms with Crippen LogP contribution in [-0.4, -0.2) is 5.91 Å². The normalized spacial score (nSPS) is 9.39. The quantitative estimate of drug-likeness (QED) is 0.758. The van der Waals surface area contributed by atoms with Crippen molar-refractivity contribution in [3.05, 3.63) is 70.8 Å². The fraction of sp³-hybridized carbons (Fsp3) is 0.0625. The second-order valence-corrected chi connectivity index (χ2v) is 3.97. The monoisotopic (exact) mass is 235 g/mol. The fourth-order valence-electron chi connectivity index (χ4n) is 1.65. The number of amides is 1. The van der Waals surface area contributed by atoms with Gasteiger partial charge in [0.15, 0.2) is 0 Å². The van der Waals surface area contributed by atoms with Crippen LogP contribution < -0.4 is 5.73 Å². The van der Waals surface area contributed by atoms with Gasteiger partial charge < -0.3 is 5.73 Å². The molecule has 0 atom stereocenters. The van der Waals surface area contributed by atoms with Crippen molar-refractivity contribution in [2.45, 2.75) is 6.92 Å². The predicted octanol–water partition coefficient (Wildman–Crippen LogP) is 2.49. The van der Waals surface area contributed by atoms with E-state index in [-0.39, 0.29) is 0 Å². The molecule has 2 aromatic carbocycles. The molecular weight excluding hydrogens is 222 g/mol. The molecule has 0 radical (unpaired) electrons. The van der Waals surface area contributed by atoms with Gasteiger partial charge in [-0.15, -0.1) is 0 Å². The molecule has 2 heteroatoms. The number of carbonyl (C=O) groups is 1. The molecule has 0 fully saturated rings. The third-order valence-corrected chi connectivity index (χ3v) is 2.67. The summed E-state index contributed by atoms with van der Waals surface area (Å²) in [6.45, 7) is 2.00. The summed E-state index contributed by atoms with van der Waals surface area (Å²) in [4.78, 5) is 11.3. The zero-order valence-corrected chi connectivity index (χ0v) is 10.1. The predicted molar refractivity (Wildman–Crippen MR) is 72.1 cm³/mol. The van der Waals surface area contributed by atoms with Gasteiger partial charge in [0.2, 0.25) is 5.91 Å².